The maximum Gasteiger partial charge on any atom is 0.251 e. The van der Waals surface area contributed by atoms with E-state index in [0.717, 1.165) is 37.9 Å². The largest absolute Gasteiger partial charge is 0.448 e. The second-order valence-electron chi connectivity index (χ2n) is 6.74. The quantitative estimate of drug-likeness (QED) is 0.892. The fraction of sp³-hybridized carbons (Fsp3) is 0.611. The van der Waals surface area contributed by atoms with Crippen molar-refractivity contribution in [3.63, 3.8) is 0 Å². The van der Waals surface area contributed by atoms with Gasteiger partial charge >= 0.3 is 0 Å². The number of ether oxygens (including phenoxy) is 2. The molecule has 1 amide bonds. The Balaban J connectivity index is 1.69. The molecule has 0 radical (unpaired) electrons. The fourth-order valence-corrected chi connectivity index (χ4v) is 3.20. The zero-order valence-electron chi connectivity index (χ0n) is 13.9. The van der Waals surface area contributed by atoms with Gasteiger partial charge in [-0.15, -0.1) is 0 Å². The number of carbonyl (C=O) groups is 1. The Morgan fingerprint density at radius 2 is 1.96 bits per heavy atom. The van der Waals surface area contributed by atoms with Crippen LogP contribution < -0.4 is 20.5 Å². The molecule has 1 aliphatic carbocycles. The third-order valence-electron chi connectivity index (χ3n) is 4.98. The first-order valence-corrected chi connectivity index (χ1v) is 8.61. The Bertz CT molecular complexity index is 582. The van der Waals surface area contributed by atoms with Gasteiger partial charge in [0.25, 0.3) is 5.79 Å². The smallest absolute Gasteiger partial charge is 0.251 e. The molecule has 2 unspecified atom stereocenters. The normalized spacial score (nSPS) is 21.0. The minimum atomic E-state index is -0.505. The predicted octanol–water partition coefficient (Wildman–Crippen LogP) is 3.43. The number of hydrogen-bond donors (Lipinski definition) is 2. The van der Waals surface area contributed by atoms with Gasteiger partial charge < -0.3 is 20.5 Å². The summed E-state index contributed by atoms with van der Waals surface area (Å²) >= 11 is 0. The highest BCUT2D eigenvalue weighted by Crippen LogP contribution is 2.46. The number of fused-ring (bicyclic) bond motifs is 1. The number of amides is 1. The SMILES string of the molecule is CCC(C)C(N)C(=O)Nc1ccc2c(c1)OC1(CCCCC1)O2. The van der Waals surface area contributed by atoms with Crippen molar-refractivity contribution in [1.82, 2.24) is 0 Å². The highest BCUT2D eigenvalue weighted by molar-refractivity contribution is 5.95. The molecule has 5 heteroatoms. The molecule has 2 atom stereocenters. The number of anilines is 1. The lowest BCUT2D eigenvalue weighted by atomic mass is 9.94. The molecule has 0 bridgehead atoms. The van der Waals surface area contributed by atoms with Crippen LogP contribution in [0.5, 0.6) is 11.5 Å². The Kier molecular flexibility index (Phi) is 4.48. The molecular weight excluding hydrogens is 292 g/mol. The lowest BCUT2D eigenvalue weighted by Gasteiger charge is -2.31. The van der Waals surface area contributed by atoms with Crippen LogP contribution in [0.2, 0.25) is 0 Å². The summed E-state index contributed by atoms with van der Waals surface area (Å²) < 4.78 is 12.1. The van der Waals surface area contributed by atoms with E-state index < -0.39 is 11.8 Å². The first-order valence-electron chi connectivity index (χ1n) is 8.61. The molecule has 0 aromatic heterocycles. The van der Waals surface area contributed by atoms with Gasteiger partial charge in [0, 0.05) is 24.6 Å². The van der Waals surface area contributed by atoms with Gasteiger partial charge in [0.2, 0.25) is 5.91 Å². The van der Waals surface area contributed by atoms with Crippen LogP contribution in [0.1, 0.15) is 52.4 Å². The zero-order chi connectivity index (χ0) is 16.4. The highest BCUT2D eigenvalue weighted by atomic mass is 16.7. The Labute approximate surface area is 137 Å². The second kappa shape index (κ2) is 6.40. The van der Waals surface area contributed by atoms with Crippen molar-refractivity contribution >= 4 is 11.6 Å². The van der Waals surface area contributed by atoms with Gasteiger partial charge in [-0.05, 0) is 30.9 Å². The molecular formula is C18H26N2O3. The van der Waals surface area contributed by atoms with Crippen molar-refractivity contribution in [2.45, 2.75) is 64.2 Å². The lowest BCUT2D eigenvalue weighted by Crippen LogP contribution is -2.40. The molecule has 0 saturated heterocycles. The summed E-state index contributed by atoms with van der Waals surface area (Å²) in [5, 5.41) is 2.88. The molecule has 3 rings (SSSR count). The number of nitrogens with one attached hydrogen (secondary N) is 1. The second-order valence-corrected chi connectivity index (χ2v) is 6.74. The fourth-order valence-electron chi connectivity index (χ4n) is 3.20. The highest BCUT2D eigenvalue weighted by Gasteiger charge is 2.42. The summed E-state index contributed by atoms with van der Waals surface area (Å²) in [5.74, 6) is 0.967. The number of rotatable bonds is 4. The molecule has 5 nitrogen and oxygen atoms in total. The van der Waals surface area contributed by atoms with E-state index in [2.05, 4.69) is 5.32 Å². The number of benzene rings is 1. The van der Waals surface area contributed by atoms with Crippen LogP contribution in [0.15, 0.2) is 18.2 Å². The first-order chi connectivity index (χ1) is 11.0. The molecule has 1 spiro atoms. The molecule has 126 valence electrons. The van der Waals surface area contributed by atoms with Crippen molar-refractivity contribution in [2.24, 2.45) is 11.7 Å². The van der Waals surface area contributed by atoms with E-state index in [0.29, 0.717) is 11.4 Å². The van der Waals surface area contributed by atoms with Crippen molar-refractivity contribution in [3.05, 3.63) is 18.2 Å². The maximum absolute atomic E-state index is 12.2. The van der Waals surface area contributed by atoms with Crippen molar-refractivity contribution in [1.29, 1.82) is 0 Å². The Morgan fingerprint density at radius 3 is 2.65 bits per heavy atom. The summed E-state index contributed by atoms with van der Waals surface area (Å²) in [6, 6.07) is 5.03. The van der Waals surface area contributed by atoms with Gasteiger partial charge in [0.05, 0.1) is 6.04 Å². The third-order valence-corrected chi connectivity index (χ3v) is 4.98. The Morgan fingerprint density at radius 1 is 1.26 bits per heavy atom. The van der Waals surface area contributed by atoms with Gasteiger partial charge in [-0.1, -0.05) is 26.7 Å². The van der Waals surface area contributed by atoms with Gasteiger partial charge in [-0.3, -0.25) is 4.79 Å². The summed E-state index contributed by atoms with van der Waals surface area (Å²) in [4.78, 5) is 12.2. The van der Waals surface area contributed by atoms with Crippen molar-refractivity contribution < 1.29 is 14.3 Å². The van der Waals surface area contributed by atoms with Crippen LogP contribution >= 0.6 is 0 Å². The monoisotopic (exact) mass is 318 g/mol. The van der Waals surface area contributed by atoms with Gasteiger partial charge in [0.1, 0.15) is 0 Å². The van der Waals surface area contributed by atoms with Gasteiger partial charge in [-0.2, -0.15) is 0 Å². The molecule has 1 fully saturated rings. The minimum absolute atomic E-state index is 0.148. The molecule has 1 saturated carbocycles. The van der Waals surface area contributed by atoms with E-state index in [4.69, 9.17) is 15.2 Å². The number of nitrogens with two attached hydrogens (primary N) is 1. The van der Waals surface area contributed by atoms with Crippen LogP contribution in [-0.4, -0.2) is 17.7 Å². The molecule has 3 N–H and O–H groups in total. The van der Waals surface area contributed by atoms with Crippen LogP contribution in [0, 0.1) is 5.92 Å². The Hall–Kier alpha value is -1.75. The summed E-state index contributed by atoms with van der Waals surface area (Å²) in [7, 11) is 0. The molecule has 1 aliphatic heterocycles. The average Bonchev–Trinajstić information content (AvgIpc) is 2.90. The van der Waals surface area contributed by atoms with E-state index >= 15 is 0 Å². The number of hydrogen-bond acceptors (Lipinski definition) is 4. The maximum atomic E-state index is 12.2. The van der Waals surface area contributed by atoms with E-state index in [1.807, 2.05) is 32.0 Å². The van der Waals surface area contributed by atoms with Crippen LogP contribution in [0.25, 0.3) is 0 Å². The minimum Gasteiger partial charge on any atom is -0.448 e. The third kappa shape index (κ3) is 3.29. The standard InChI is InChI=1S/C18H26N2O3/c1-3-12(2)16(19)17(21)20-13-7-8-14-15(11-13)23-18(22-14)9-5-4-6-10-18/h7-8,11-12,16H,3-6,9-10,19H2,1-2H3,(H,20,21). The van der Waals surface area contributed by atoms with E-state index in [9.17, 15) is 4.79 Å². The van der Waals surface area contributed by atoms with Crippen LogP contribution in [0.3, 0.4) is 0 Å². The summed E-state index contributed by atoms with van der Waals surface area (Å²) in [6.45, 7) is 4.01. The van der Waals surface area contributed by atoms with Crippen LogP contribution in [0.4, 0.5) is 5.69 Å². The number of carbonyl (C=O) groups excluding carboxylic acids is 1. The van der Waals surface area contributed by atoms with Gasteiger partial charge in [0.15, 0.2) is 11.5 Å². The van der Waals surface area contributed by atoms with Crippen molar-refractivity contribution in [3.8, 4) is 11.5 Å². The summed E-state index contributed by atoms with van der Waals surface area (Å²) in [6.07, 6.45) is 6.20. The predicted molar refractivity (Wildman–Crippen MR) is 89.6 cm³/mol. The van der Waals surface area contributed by atoms with Gasteiger partial charge in [-0.25, -0.2) is 0 Å². The molecule has 23 heavy (non-hydrogen) atoms. The van der Waals surface area contributed by atoms with Crippen LogP contribution in [-0.2, 0) is 4.79 Å². The summed E-state index contributed by atoms with van der Waals surface area (Å²) in [5.41, 5.74) is 6.67. The zero-order valence-corrected chi connectivity index (χ0v) is 13.9. The average molecular weight is 318 g/mol. The topological polar surface area (TPSA) is 73.6 Å². The molecule has 2 aliphatic rings. The molecule has 1 aromatic rings. The van der Waals surface area contributed by atoms with Crippen molar-refractivity contribution in [2.75, 3.05) is 5.32 Å². The van der Waals surface area contributed by atoms with E-state index in [1.54, 1.807) is 0 Å². The molecule has 1 heterocycles. The molecule has 1 aromatic carbocycles. The van der Waals surface area contributed by atoms with E-state index in [-0.39, 0.29) is 11.8 Å². The lowest BCUT2D eigenvalue weighted by molar-refractivity contribution is -0.118. The first kappa shape index (κ1) is 16.1. The van der Waals surface area contributed by atoms with E-state index in [1.165, 1.54) is 6.42 Å².